The Hall–Kier alpha value is -3.73. The number of carbonyl (C=O) groups excluding carboxylic acids is 1. The maximum absolute atomic E-state index is 14.5. The number of aliphatic hydroxyl groups is 1. The Morgan fingerprint density at radius 3 is 2.57 bits per heavy atom. The summed E-state index contributed by atoms with van der Waals surface area (Å²) < 4.78 is 52.8. The number of hydrogen-bond donors (Lipinski definition) is 3. The second-order valence-electron chi connectivity index (χ2n) is 14.6. The van der Waals surface area contributed by atoms with Crippen molar-refractivity contribution in [2.75, 3.05) is 39.6 Å². The van der Waals surface area contributed by atoms with Crippen molar-refractivity contribution in [2.45, 2.75) is 81.7 Å². The van der Waals surface area contributed by atoms with Crippen LogP contribution in [0.5, 0.6) is 11.5 Å². The lowest BCUT2D eigenvalue weighted by Crippen LogP contribution is -2.58. The van der Waals surface area contributed by atoms with Crippen LogP contribution in [0.4, 0.5) is 4.79 Å². The summed E-state index contributed by atoms with van der Waals surface area (Å²) in [5.74, 6) is 0.459. The van der Waals surface area contributed by atoms with Gasteiger partial charge < -0.3 is 34.5 Å². The van der Waals surface area contributed by atoms with E-state index in [-0.39, 0.29) is 49.6 Å². The molecule has 13 nitrogen and oxygen atoms in total. The van der Waals surface area contributed by atoms with E-state index in [0.29, 0.717) is 42.4 Å². The average Bonchev–Trinajstić information content (AvgIpc) is 3.96. The SMILES string of the molecule is CC(C)(CCCCCNC(=O)c1cccs1)CN(C[C@@H](O)[C@H](Cc1ccccc1)N(C(=O)O)[C@H]1CO[C@H]2OCC[C@H]21)S(=O)(=O)c1ccc2c(c1)OCO2. The molecule has 0 saturated carbocycles. The van der Waals surface area contributed by atoms with Crippen LogP contribution >= 0.6 is 11.3 Å². The monoisotopic (exact) mass is 771 g/mol. The molecule has 5 atom stereocenters. The quantitative estimate of drug-likeness (QED) is 0.147. The van der Waals surface area contributed by atoms with Crippen LogP contribution < -0.4 is 14.8 Å². The molecule has 4 heterocycles. The number of carboxylic acid groups (broad SMARTS) is 1. The molecular formula is C38H49N3O10S2. The predicted molar refractivity (Wildman–Crippen MR) is 198 cm³/mol. The molecule has 288 valence electrons. The number of fused-ring (bicyclic) bond motifs is 2. The Labute approximate surface area is 314 Å². The van der Waals surface area contributed by atoms with Gasteiger partial charge in [0, 0.05) is 31.6 Å². The highest BCUT2D eigenvalue weighted by Crippen LogP contribution is 2.38. The van der Waals surface area contributed by atoms with Gasteiger partial charge in [-0.25, -0.2) is 13.2 Å². The molecule has 6 rings (SSSR count). The van der Waals surface area contributed by atoms with Crippen molar-refractivity contribution in [1.82, 2.24) is 14.5 Å². The maximum atomic E-state index is 14.5. The smallest absolute Gasteiger partial charge is 0.407 e. The fourth-order valence-electron chi connectivity index (χ4n) is 7.46. The van der Waals surface area contributed by atoms with E-state index in [1.54, 1.807) is 12.1 Å². The van der Waals surface area contributed by atoms with Crippen LogP contribution in [0.15, 0.2) is 70.9 Å². The summed E-state index contributed by atoms with van der Waals surface area (Å²) in [6, 6.07) is 15.8. The van der Waals surface area contributed by atoms with Gasteiger partial charge in [-0.1, -0.05) is 63.1 Å². The van der Waals surface area contributed by atoms with Crippen LogP contribution in [-0.2, 0) is 25.9 Å². The molecule has 0 bridgehead atoms. The van der Waals surface area contributed by atoms with Crippen LogP contribution in [-0.4, -0.2) is 104 Å². The summed E-state index contributed by atoms with van der Waals surface area (Å²) in [4.78, 5) is 27.3. The number of carbonyl (C=O) groups is 2. The zero-order valence-corrected chi connectivity index (χ0v) is 31.7. The highest BCUT2D eigenvalue weighted by atomic mass is 32.2. The van der Waals surface area contributed by atoms with Crippen LogP contribution in [0.25, 0.3) is 0 Å². The van der Waals surface area contributed by atoms with Crippen molar-refractivity contribution < 1.29 is 47.2 Å². The van der Waals surface area contributed by atoms with E-state index in [1.807, 2.05) is 55.6 Å². The Balaban J connectivity index is 1.21. The van der Waals surface area contributed by atoms with E-state index >= 15 is 0 Å². The molecule has 2 amide bonds. The number of sulfonamides is 1. The lowest BCUT2D eigenvalue weighted by atomic mass is 9.86. The second-order valence-corrected chi connectivity index (χ2v) is 17.5. The Kier molecular flexibility index (Phi) is 12.6. The van der Waals surface area contributed by atoms with E-state index in [2.05, 4.69) is 5.32 Å². The molecule has 15 heteroatoms. The van der Waals surface area contributed by atoms with Gasteiger partial charge in [-0.15, -0.1) is 11.3 Å². The van der Waals surface area contributed by atoms with Gasteiger partial charge in [0.15, 0.2) is 17.8 Å². The molecule has 2 fully saturated rings. The van der Waals surface area contributed by atoms with E-state index < -0.39 is 46.0 Å². The molecule has 3 aromatic rings. The van der Waals surface area contributed by atoms with Crippen molar-refractivity contribution >= 4 is 33.4 Å². The molecule has 3 N–H and O–H groups in total. The van der Waals surface area contributed by atoms with E-state index in [9.17, 15) is 28.2 Å². The summed E-state index contributed by atoms with van der Waals surface area (Å²) in [6.07, 6.45) is 0.702. The summed E-state index contributed by atoms with van der Waals surface area (Å²) >= 11 is 1.39. The Morgan fingerprint density at radius 2 is 1.81 bits per heavy atom. The zero-order chi connectivity index (χ0) is 37.6. The molecule has 3 aliphatic rings. The lowest BCUT2D eigenvalue weighted by Gasteiger charge is -2.40. The number of aliphatic hydroxyl groups excluding tert-OH is 1. The van der Waals surface area contributed by atoms with Crippen LogP contribution in [0, 0.1) is 11.3 Å². The van der Waals surface area contributed by atoms with Crippen molar-refractivity contribution in [1.29, 1.82) is 0 Å². The van der Waals surface area contributed by atoms with Crippen molar-refractivity contribution in [3.05, 3.63) is 76.5 Å². The standard InChI is InChI=1S/C38H49N3O10S2/c1-38(2,16-7-4-8-17-39-35(43)34-12-9-19-52-34)24-40(53(46,47)27-13-14-32-33(21-27)51-25-50-32)22-31(42)29(20-26-10-5-3-6-11-26)41(37(44)45)30-23-49-36-28(30)15-18-48-36/h3,5-6,9-14,19,21,28-31,36,42H,4,7-8,15-18,20,22-25H2,1-2H3,(H,39,43)(H,44,45)/t28-,29-,30-,31+,36+/m0/s1. The van der Waals surface area contributed by atoms with Crippen LogP contribution in [0.1, 0.15) is 61.2 Å². The maximum Gasteiger partial charge on any atom is 0.407 e. The fraction of sp³-hybridized carbons (Fsp3) is 0.526. The zero-order valence-electron chi connectivity index (χ0n) is 30.1. The van der Waals surface area contributed by atoms with Gasteiger partial charge in [0.25, 0.3) is 5.91 Å². The summed E-state index contributed by atoms with van der Waals surface area (Å²) in [6.45, 7) is 4.77. The average molecular weight is 772 g/mol. The molecule has 53 heavy (non-hydrogen) atoms. The van der Waals surface area contributed by atoms with E-state index in [0.717, 1.165) is 24.8 Å². The normalized spacial score (nSPS) is 20.6. The van der Waals surface area contributed by atoms with Gasteiger partial charge in [-0.05, 0) is 60.2 Å². The molecule has 0 unspecified atom stereocenters. The number of benzene rings is 2. The van der Waals surface area contributed by atoms with E-state index in [4.69, 9.17) is 18.9 Å². The lowest BCUT2D eigenvalue weighted by molar-refractivity contribution is -0.0906. The molecule has 2 aromatic carbocycles. The van der Waals surface area contributed by atoms with Crippen LogP contribution in [0.2, 0.25) is 0 Å². The highest BCUT2D eigenvalue weighted by Gasteiger charge is 2.49. The first kappa shape index (κ1) is 39.0. The first-order valence-corrected chi connectivity index (χ1v) is 20.4. The fourth-order valence-corrected chi connectivity index (χ4v) is 9.76. The van der Waals surface area contributed by atoms with Gasteiger partial charge in [-0.3, -0.25) is 9.69 Å². The molecule has 2 saturated heterocycles. The largest absolute Gasteiger partial charge is 0.465 e. The minimum atomic E-state index is -4.23. The molecule has 3 aliphatic heterocycles. The minimum absolute atomic E-state index is 0.0175. The molecule has 0 spiro atoms. The van der Waals surface area contributed by atoms with Crippen molar-refractivity contribution in [3.63, 3.8) is 0 Å². The van der Waals surface area contributed by atoms with Gasteiger partial charge in [0.1, 0.15) is 0 Å². The number of unbranched alkanes of at least 4 members (excludes halogenated alkanes) is 2. The molecule has 1 aromatic heterocycles. The van der Waals surface area contributed by atoms with Gasteiger partial charge in [0.05, 0.1) is 41.2 Å². The molecule has 0 radical (unpaired) electrons. The molecular weight excluding hydrogens is 723 g/mol. The number of rotatable bonds is 18. The summed E-state index contributed by atoms with van der Waals surface area (Å²) in [5.41, 5.74) is 0.274. The first-order chi connectivity index (χ1) is 25.4. The van der Waals surface area contributed by atoms with Gasteiger partial charge in [0.2, 0.25) is 16.8 Å². The highest BCUT2D eigenvalue weighted by molar-refractivity contribution is 7.89. The first-order valence-electron chi connectivity index (χ1n) is 18.1. The third-order valence-electron chi connectivity index (χ3n) is 10.2. The number of hydrogen-bond acceptors (Lipinski definition) is 10. The summed E-state index contributed by atoms with van der Waals surface area (Å²) in [5, 5.41) is 27.6. The molecule has 0 aliphatic carbocycles. The van der Waals surface area contributed by atoms with E-state index in [1.165, 1.54) is 32.7 Å². The minimum Gasteiger partial charge on any atom is -0.465 e. The van der Waals surface area contributed by atoms with Crippen molar-refractivity contribution in [2.24, 2.45) is 11.3 Å². The number of thiophene rings is 1. The topological polar surface area (TPSA) is 164 Å². The van der Waals surface area contributed by atoms with Gasteiger partial charge >= 0.3 is 6.09 Å². The predicted octanol–water partition coefficient (Wildman–Crippen LogP) is 5.20. The number of nitrogens with one attached hydrogen (secondary N) is 1. The number of nitrogens with zero attached hydrogens (tertiary/aromatic N) is 2. The summed E-state index contributed by atoms with van der Waals surface area (Å²) in [7, 11) is -4.23. The van der Waals surface area contributed by atoms with Gasteiger partial charge in [-0.2, -0.15) is 4.31 Å². The van der Waals surface area contributed by atoms with Crippen LogP contribution in [0.3, 0.4) is 0 Å². The second kappa shape index (κ2) is 17.2. The number of amides is 2. The Morgan fingerprint density at radius 1 is 1.02 bits per heavy atom. The third kappa shape index (κ3) is 9.51. The van der Waals surface area contributed by atoms with Crippen molar-refractivity contribution in [3.8, 4) is 11.5 Å². The third-order valence-corrected chi connectivity index (χ3v) is 12.9. The Bertz CT molecular complexity index is 1790. The number of ether oxygens (including phenoxy) is 4.